The van der Waals surface area contributed by atoms with Gasteiger partial charge in [-0.3, -0.25) is 4.79 Å². The number of thioether (sulfide) groups is 2. The summed E-state index contributed by atoms with van der Waals surface area (Å²) in [6.45, 7) is 4.10. The molecule has 10 unspecified atom stereocenters. The van der Waals surface area contributed by atoms with Crippen LogP contribution in [-0.4, -0.2) is 21.4 Å². The highest BCUT2D eigenvalue weighted by Crippen LogP contribution is 2.74. The fourth-order valence-electron chi connectivity index (χ4n) is 7.95. The molecule has 1 nitrogen and oxygen atoms in total. The fourth-order valence-corrected chi connectivity index (χ4v) is 10.4. The standard InChI is InChI=1S/C19H28OS2/c1-3-21-17-5-10-4-16(17)19-15-8-14(18(10)19)12-6-11(7-13(12)15)22-9(2)20/h10-19H,3-8H2,1-2H3. The smallest absolute Gasteiger partial charge is 0.186 e. The van der Waals surface area contributed by atoms with Gasteiger partial charge in [0, 0.05) is 17.4 Å². The highest BCUT2D eigenvalue weighted by atomic mass is 32.2. The van der Waals surface area contributed by atoms with E-state index in [-0.39, 0.29) is 0 Å². The molecule has 0 radical (unpaired) electrons. The first-order valence-corrected chi connectivity index (χ1v) is 11.4. The second-order valence-electron chi connectivity index (χ2n) is 8.64. The second kappa shape index (κ2) is 5.18. The average molecular weight is 337 g/mol. The van der Waals surface area contributed by atoms with Crippen LogP contribution in [0, 0.1) is 47.3 Å². The Bertz CT molecular complexity index is 492. The van der Waals surface area contributed by atoms with Crippen LogP contribution in [0.2, 0.25) is 0 Å². The third kappa shape index (κ3) is 1.90. The third-order valence-corrected chi connectivity index (χ3v) is 10.4. The van der Waals surface area contributed by atoms with E-state index in [4.69, 9.17) is 0 Å². The maximum Gasteiger partial charge on any atom is 0.186 e. The Morgan fingerprint density at radius 2 is 1.64 bits per heavy atom. The van der Waals surface area contributed by atoms with Crippen LogP contribution in [0.4, 0.5) is 0 Å². The van der Waals surface area contributed by atoms with Crippen molar-refractivity contribution in [1.82, 2.24) is 0 Å². The van der Waals surface area contributed by atoms with E-state index in [1.807, 2.05) is 0 Å². The molecule has 5 aliphatic rings. The van der Waals surface area contributed by atoms with Gasteiger partial charge in [0.1, 0.15) is 0 Å². The molecule has 0 spiro atoms. The van der Waals surface area contributed by atoms with Gasteiger partial charge in [-0.05, 0) is 85.2 Å². The Hall–Kier alpha value is 0.370. The summed E-state index contributed by atoms with van der Waals surface area (Å²) in [4.78, 5) is 11.5. The summed E-state index contributed by atoms with van der Waals surface area (Å²) < 4.78 is 0. The van der Waals surface area contributed by atoms with Gasteiger partial charge in [0.25, 0.3) is 0 Å². The predicted molar refractivity (Wildman–Crippen MR) is 95.0 cm³/mol. The SMILES string of the molecule is CCSC1CC2CC1C1C3CC(C4CC(SC(C)=O)CC43)C21. The van der Waals surface area contributed by atoms with Crippen LogP contribution in [0.1, 0.15) is 46.0 Å². The first kappa shape index (κ1) is 14.7. The zero-order valence-corrected chi connectivity index (χ0v) is 15.4. The zero-order chi connectivity index (χ0) is 15.0. The van der Waals surface area contributed by atoms with Gasteiger partial charge >= 0.3 is 0 Å². The topological polar surface area (TPSA) is 17.1 Å². The van der Waals surface area contributed by atoms with Crippen LogP contribution in [0.3, 0.4) is 0 Å². The Labute approximate surface area is 143 Å². The zero-order valence-electron chi connectivity index (χ0n) is 13.7. The lowest BCUT2D eigenvalue weighted by Gasteiger charge is -2.43. The van der Waals surface area contributed by atoms with Crippen LogP contribution in [0.25, 0.3) is 0 Å². The summed E-state index contributed by atoms with van der Waals surface area (Å²) in [5.74, 6) is 9.75. The molecule has 3 heteroatoms. The van der Waals surface area contributed by atoms with Gasteiger partial charge in [0.05, 0.1) is 0 Å². The number of carbonyl (C=O) groups excluding carboxylic acids is 1. The van der Waals surface area contributed by atoms with Gasteiger partial charge in [0.15, 0.2) is 5.12 Å². The van der Waals surface area contributed by atoms with E-state index in [0.717, 1.165) is 52.6 Å². The number of fused-ring (bicyclic) bond motifs is 12. The molecule has 5 aliphatic carbocycles. The lowest BCUT2D eigenvalue weighted by Crippen LogP contribution is -2.39. The van der Waals surface area contributed by atoms with Crippen molar-refractivity contribution in [3.63, 3.8) is 0 Å². The van der Waals surface area contributed by atoms with Crippen molar-refractivity contribution in [2.75, 3.05) is 5.75 Å². The lowest BCUT2D eigenvalue weighted by atomic mass is 9.64. The van der Waals surface area contributed by atoms with Gasteiger partial charge < -0.3 is 0 Å². The van der Waals surface area contributed by atoms with Crippen molar-refractivity contribution >= 4 is 28.6 Å². The lowest BCUT2D eigenvalue weighted by molar-refractivity contribution is -0.109. The highest BCUT2D eigenvalue weighted by Gasteiger charge is 2.68. The molecule has 0 N–H and O–H groups in total. The van der Waals surface area contributed by atoms with E-state index in [1.54, 1.807) is 31.5 Å². The minimum atomic E-state index is 0.344. The summed E-state index contributed by atoms with van der Waals surface area (Å²) in [6, 6.07) is 0. The number of carbonyl (C=O) groups is 1. The highest BCUT2D eigenvalue weighted by molar-refractivity contribution is 8.14. The van der Waals surface area contributed by atoms with Crippen molar-refractivity contribution < 1.29 is 4.79 Å². The summed E-state index contributed by atoms with van der Waals surface area (Å²) in [5, 5.41) is 2.00. The van der Waals surface area contributed by atoms with Gasteiger partial charge in [-0.1, -0.05) is 18.7 Å². The van der Waals surface area contributed by atoms with E-state index in [2.05, 4.69) is 18.7 Å². The molecule has 10 atom stereocenters. The van der Waals surface area contributed by atoms with E-state index in [9.17, 15) is 4.79 Å². The van der Waals surface area contributed by atoms with Crippen molar-refractivity contribution in [3.05, 3.63) is 0 Å². The van der Waals surface area contributed by atoms with E-state index >= 15 is 0 Å². The van der Waals surface area contributed by atoms with Crippen molar-refractivity contribution in [3.8, 4) is 0 Å². The quantitative estimate of drug-likeness (QED) is 0.695. The Kier molecular flexibility index (Phi) is 3.46. The van der Waals surface area contributed by atoms with Gasteiger partial charge in [-0.25, -0.2) is 0 Å². The molecule has 4 bridgehead atoms. The largest absolute Gasteiger partial charge is 0.288 e. The first-order chi connectivity index (χ1) is 10.7. The van der Waals surface area contributed by atoms with Gasteiger partial charge in [-0.2, -0.15) is 11.8 Å². The number of rotatable bonds is 3. The molecule has 0 amide bonds. The van der Waals surface area contributed by atoms with Gasteiger partial charge in [-0.15, -0.1) is 0 Å². The van der Waals surface area contributed by atoms with Gasteiger partial charge in [0.2, 0.25) is 0 Å². The average Bonchev–Trinajstić information content (AvgIpc) is 3.18. The summed E-state index contributed by atoms with van der Waals surface area (Å²) in [7, 11) is 0. The predicted octanol–water partition coefficient (Wildman–Crippen LogP) is 4.70. The molecule has 0 saturated heterocycles. The molecule has 22 heavy (non-hydrogen) atoms. The minimum Gasteiger partial charge on any atom is -0.288 e. The van der Waals surface area contributed by atoms with Crippen LogP contribution >= 0.6 is 23.5 Å². The monoisotopic (exact) mass is 336 g/mol. The van der Waals surface area contributed by atoms with Crippen molar-refractivity contribution in [2.24, 2.45) is 47.3 Å². The van der Waals surface area contributed by atoms with E-state index in [1.165, 1.54) is 25.0 Å². The molecule has 5 rings (SSSR count). The summed E-state index contributed by atoms with van der Waals surface area (Å²) in [6.07, 6.45) is 7.41. The summed E-state index contributed by atoms with van der Waals surface area (Å²) in [5.41, 5.74) is 0. The molecule has 5 fully saturated rings. The normalized spacial score (nSPS) is 57.4. The maximum absolute atomic E-state index is 11.5. The molecule has 0 aliphatic heterocycles. The summed E-state index contributed by atoms with van der Waals surface area (Å²) >= 11 is 3.93. The minimum absolute atomic E-state index is 0.344. The molecule has 0 aromatic rings. The first-order valence-electron chi connectivity index (χ1n) is 9.46. The molecule has 0 aromatic heterocycles. The van der Waals surface area contributed by atoms with Crippen LogP contribution in [0.5, 0.6) is 0 Å². The Morgan fingerprint density at radius 3 is 2.32 bits per heavy atom. The molecular weight excluding hydrogens is 308 g/mol. The molecule has 5 saturated carbocycles. The van der Waals surface area contributed by atoms with E-state index < -0.39 is 0 Å². The van der Waals surface area contributed by atoms with Crippen LogP contribution in [-0.2, 0) is 4.79 Å². The Morgan fingerprint density at radius 1 is 0.909 bits per heavy atom. The van der Waals surface area contributed by atoms with Crippen LogP contribution in [0.15, 0.2) is 0 Å². The Balaban J connectivity index is 1.36. The number of hydrogen-bond donors (Lipinski definition) is 0. The molecule has 0 heterocycles. The second-order valence-corrected chi connectivity index (χ2v) is 11.6. The third-order valence-electron chi connectivity index (χ3n) is 8.04. The maximum atomic E-state index is 11.5. The molecule has 122 valence electrons. The van der Waals surface area contributed by atoms with Crippen molar-refractivity contribution in [2.45, 2.75) is 56.5 Å². The fraction of sp³-hybridized carbons (Fsp3) is 0.947. The number of hydrogen-bond acceptors (Lipinski definition) is 3. The molecular formula is C19H28OS2. The van der Waals surface area contributed by atoms with Crippen LogP contribution < -0.4 is 0 Å². The van der Waals surface area contributed by atoms with E-state index in [0.29, 0.717) is 10.4 Å². The van der Waals surface area contributed by atoms with Crippen molar-refractivity contribution in [1.29, 1.82) is 0 Å². The molecule has 0 aromatic carbocycles.